The number of nitrogens with two attached hydrogens (primary N) is 1. The molecule has 2 aromatic heterocycles. The lowest BCUT2D eigenvalue weighted by Crippen LogP contribution is -2.08. The molecule has 0 bridgehead atoms. The van der Waals surface area contributed by atoms with E-state index in [1.165, 1.54) is 0 Å². The van der Waals surface area contributed by atoms with Gasteiger partial charge in [0.1, 0.15) is 5.82 Å². The summed E-state index contributed by atoms with van der Waals surface area (Å²) in [7, 11) is 0. The van der Waals surface area contributed by atoms with E-state index >= 15 is 0 Å². The Hall–Kier alpha value is -2.11. The third-order valence-corrected chi connectivity index (χ3v) is 2.13. The quantitative estimate of drug-likeness (QED) is 0.724. The summed E-state index contributed by atoms with van der Waals surface area (Å²) in [5.74, 6) is 0.841. The van der Waals surface area contributed by atoms with Crippen LogP contribution in [-0.4, -0.2) is 26.5 Å². The van der Waals surface area contributed by atoms with E-state index in [4.69, 9.17) is 5.73 Å². The highest BCUT2D eigenvalue weighted by molar-refractivity contribution is 5.43. The lowest BCUT2D eigenvalue weighted by Gasteiger charge is -2.05. The van der Waals surface area contributed by atoms with Crippen LogP contribution in [0.15, 0.2) is 30.7 Å². The number of rotatable bonds is 5. The highest BCUT2D eigenvalue weighted by Gasteiger charge is 1.94. The molecule has 0 amide bonds. The van der Waals surface area contributed by atoms with Gasteiger partial charge < -0.3 is 11.1 Å². The molecule has 2 heterocycles. The van der Waals surface area contributed by atoms with Gasteiger partial charge in [-0.3, -0.25) is 4.68 Å². The van der Waals surface area contributed by atoms with E-state index in [1.807, 2.05) is 18.3 Å². The zero-order chi connectivity index (χ0) is 11.2. The summed E-state index contributed by atoms with van der Waals surface area (Å²) in [6, 6.07) is 3.69. The van der Waals surface area contributed by atoms with E-state index in [1.54, 1.807) is 17.1 Å². The van der Waals surface area contributed by atoms with Crippen LogP contribution in [0.1, 0.15) is 6.42 Å². The lowest BCUT2D eigenvalue weighted by molar-refractivity contribution is 0.569. The number of pyridine rings is 1. The number of nitrogen functional groups attached to an aromatic ring is 1. The Kier molecular flexibility index (Phi) is 3.32. The molecule has 0 atom stereocenters. The van der Waals surface area contributed by atoms with Crippen LogP contribution in [0.4, 0.5) is 11.5 Å². The molecule has 16 heavy (non-hydrogen) atoms. The summed E-state index contributed by atoms with van der Waals surface area (Å²) < 4.78 is 1.80. The average Bonchev–Trinajstić information content (AvgIpc) is 2.80. The molecule has 2 rings (SSSR count). The molecule has 0 aliphatic carbocycles. The van der Waals surface area contributed by atoms with Crippen molar-refractivity contribution in [2.24, 2.45) is 0 Å². The van der Waals surface area contributed by atoms with Gasteiger partial charge in [0.15, 0.2) is 0 Å². The molecule has 84 valence electrons. The Morgan fingerprint density at radius 3 is 3.00 bits per heavy atom. The molecule has 3 N–H and O–H groups in total. The molecule has 0 aromatic carbocycles. The minimum atomic E-state index is 0.674. The normalized spacial score (nSPS) is 10.2. The fourth-order valence-electron chi connectivity index (χ4n) is 1.32. The fourth-order valence-corrected chi connectivity index (χ4v) is 1.32. The van der Waals surface area contributed by atoms with Crippen LogP contribution in [0, 0.1) is 0 Å². The third-order valence-electron chi connectivity index (χ3n) is 2.13. The van der Waals surface area contributed by atoms with E-state index in [0.717, 1.165) is 25.3 Å². The zero-order valence-electron chi connectivity index (χ0n) is 8.87. The minimum Gasteiger partial charge on any atom is -0.397 e. The Morgan fingerprint density at radius 1 is 1.38 bits per heavy atom. The molecule has 0 saturated heterocycles. The van der Waals surface area contributed by atoms with Crippen molar-refractivity contribution in [2.75, 3.05) is 17.6 Å². The number of aromatic nitrogens is 4. The molecular weight excluding hydrogens is 204 g/mol. The molecule has 6 heteroatoms. The van der Waals surface area contributed by atoms with Gasteiger partial charge in [-0.2, -0.15) is 0 Å². The second kappa shape index (κ2) is 5.11. The summed E-state index contributed by atoms with van der Waals surface area (Å²) in [6.07, 6.45) is 6.13. The summed E-state index contributed by atoms with van der Waals surface area (Å²) >= 11 is 0. The molecule has 0 saturated carbocycles. The predicted octanol–water partition coefficient (Wildman–Crippen LogP) is 0.757. The summed E-state index contributed by atoms with van der Waals surface area (Å²) in [6.45, 7) is 1.69. The monoisotopic (exact) mass is 218 g/mol. The van der Waals surface area contributed by atoms with Crippen molar-refractivity contribution < 1.29 is 0 Å². The van der Waals surface area contributed by atoms with Crippen molar-refractivity contribution in [3.05, 3.63) is 30.7 Å². The average molecular weight is 218 g/mol. The molecule has 0 spiro atoms. The minimum absolute atomic E-state index is 0.674. The molecule has 0 aliphatic heterocycles. The molecular formula is C10H14N6. The number of nitrogens with zero attached hydrogens (tertiary/aromatic N) is 4. The van der Waals surface area contributed by atoms with Gasteiger partial charge in [-0.1, -0.05) is 5.21 Å². The Balaban J connectivity index is 1.70. The highest BCUT2D eigenvalue weighted by atomic mass is 15.4. The largest absolute Gasteiger partial charge is 0.397 e. The summed E-state index contributed by atoms with van der Waals surface area (Å²) in [5, 5.41) is 10.8. The topological polar surface area (TPSA) is 81.6 Å². The number of nitrogens with one attached hydrogen (secondary N) is 1. The van der Waals surface area contributed by atoms with Crippen molar-refractivity contribution in [2.45, 2.75) is 13.0 Å². The van der Waals surface area contributed by atoms with Crippen molar-refractivity contribution in [3.63, 3.8) is 0 Å². The van der Waals surface area contributed by atoms with Crippen LogP contribution in [0.2, 0.25) is 0 Å². The third kappa shape index (κ3) is 2.94. The number of hydrogen-bond acceptors (Lipinski definition) is 5. The number of hydrogen-bond donors (Lipinski definition) is 2. The van der Waals surface area contributed by atoms with E-state index in [0.29, 0.717) is 5.69 Å². The SMILES string of the molecule is Nc1ccc(NCCCn2ccnn2)nc1. The van der Waals surface area contributed by atoms with Crippen LogP contribution in [0.3, 0.4) is 0 Å². The van der Waals surface area contributed by atoms with E-state index in [9.17, 15) is 0 Å². The first-order valence-electron chi connectivity index (χ1n) is 5.14. The Bertz CT molecular complexity index is 407. The Labute approximate surface area is 93.5 Å². The lowest BCUT2D eigenvalue weighted by atomic mass is 10.4. The predicted molar refractivity (Wildman–Crippen MR) is 61.8 cm³/mol. The smallest absolute Gasteiger partial charge is 0.126 e. The Morgan fingerprint density at radius 2 is 2.31 bits per heavy atom. The number of aryl methyl sites for hydroxylation is 1. The van der Waals surface area contributed by atoms with E-state index in [-0.39, 0.29) is 0 Å². The maximum atomic E-state index is 5.54. The van der Waals surface area contributed by atoms with Crippen molar-refractivity contribution in [3.8, 4) is 0 Å². The highest BCUT2D eigenvalue weighted by Crippen LogP contribution is 2.05. The van der Waals surface area contributed by atoms with Crippen LogP contribution >= 0.6 is 0 Å². The van der Waals surface area contributed by atoms with Gasteiger partial charge in [0.25, 0.3) is 0 Å². The van der Waals surface area contributed by atoms with E-state index < -0.39 is 0 Å². The van der Waals surface area contributed by atoms with Gasteiger partial charge >= 0.3 is 0 Å². The van der Waals surface area contributed by atoms with E-state index in [2.05, 4.69) is 20.6 Å². The van der Waals surface area contributed by atoms with Crippen LogP contribution in [-0.2, 0) is 6.54 Å². The maximum Gasteiger partial charge on any atom is 0.126 e. The first-order chi connectivity index (χ1) is 7.84. The van der Waals surface area contributed by atoms with Crippen molar-refractivity contribution in [1.82, 2.24) is 20.0 Å². The molecule has 0 aliphatic rings. The number of anilines is 2. The van der Waals surface area contributed by atoms with Crippen molar-refractivity contribution in [1.29, 1.82) is 0 Å². The van der Waals surface area contributed by atoms with Gasteiger partial charge in [-0.25, -0.2) is 4.98 Å². The van der Waals surface area contributed by atoms with Gasteiger partial charge in [0.2, 0.25) is 0 Å². The second-order valence-corrected chi connectivity index (χ2v) is 3.42. The zero-order valence-corrected chi connectivity index (χ0v) is 8.87. The van der Waals surface area contributed by atoms with Gasteiger partial charge in [-0.05, 0) is 18.6 Å². The summed E-state index contributed by atoms with van der Waals surface area (Å²) in [4.78, 5) is 4.14. The molecule has 2 aromatic rings. The van der Waals surface area contributed by atoms with Crippen LogP contribution < -0.4 is 11.1 Å². The van der Waals surface area contributed by atoms with Crippen LogP contribution in [0.25, 0.3) is 0 Å². The second-order valence-electron chi connectivity index (χ2n) is 3.42. The fraction of sp³-hybridized carbons (Fsp3) is 0.300. The first-order valence-corrected chi connectivity index (χ1v) is 5.14. The maximum absolute atomic E-state index is 5.54. The molecule has 6 nitrogen and oxygen atoms in total. The first kappa shape index (κ1) is 10.4. The summed E-state index contributed by atoms with van der Waals surface area (Å²) in [5.41, 5.74) is 6.21. The van der Waals surface area contributed by atoms with Gasteiger partial charge in [0.05, 0.1) is 18.1 Å². The van der Waals surface area contributed by atoms with Crippen molar-refractivity contribution >= 4 is 11.5 Å². The standard InChI is InChI=1S/C10H14N6/c11-9-2-3-10(13-8-9)12-4-1-6-16-7-5-14-15-16/h2-3,5,7-8H,1,4,6,11H2,(H,12,13). The van der Waals surface area contributed by atoms with Crippen LogP contribution in [0.5, 0.6) is 0 Å². The molecule has 0 unspecified atom stereocenters. The van der Waals surface area contributed by atoms with Gasteiger partial charge in [-0.15, -0.1) is 5.10 Å². The molecule has 0 fully saturated rings. The van der Waals surface area contributed by atoms with Gasteiger partial charge in [0, 0.05) is 19.3 Å². The molecule has 0 radical (unpaired) electrons.